The lowest BCUT2D eigenvalue weighted by Gasteiger charge is -2.13. The fraction of sp³-hybridized carbons (Fsp3) is 0.545. The third-order valence-corrected chi connectivity index (χ3v) is 5.58. The Balaban J connectivity index is 2.43. The summed E-state index contributed by atoms with van der Waals surface area (Å²) in [7, 11) is 0. The van der Waals surface area contributed by atoms with Crippen molar-refractivity contribution in [2.24, 2.45) is 0 Å². The van der Waals surface area contributed by atoms with Crippen molar-refractivity contribution in [3.8, 4) is 0 Å². The van der Waals surface area contributed by atoms with Gasteiger partial charge in [0.1, 0.15) is 0 Å². The van der Waals surface area contributed by atoms with Crippen LogP contribution in [0.1, 0.15) is 16.1 Å². The van der Waals surface area contributed by atoms with Crippen LogP contribution in [0.4, 0.5) is 0 Å². The maximum atomic E-state index is 11.9. The average molecular weight is 292 g/mol. The van der Waals surface area contributed by atoms with Crippen molar-refractivity contribution in [1.82, 2.24) is 0 Å². The summed E-state index contributed by atoms with van der Waals surface area (Å²) in [4.78, 5) is 12.7. The summed E-state index contributed by atoms with van der Waals surface area (Å²) in [5, 5.41) is 19.5. The quantitative estimate of drug-likeness (QED) is 0.539. The Hall–Kier alpha value is -0.0100. The Morgan fingerprint density at radius 3 is 2.41 bits per heavy atom. The summed E-state index contributed by atoms with van der Waals surface area (Å²) < 4.78 is 0.115. The van der Waals surface area contributed by atoms with E-state index in [1.165, 1.54) is 11.3 Å². The monoisotopic (exact) mass is 292 g/mol. The third kappa shape index (κ3) is 5.92. The topological polar surface area (TPSA) is 57.5 Å². The van der Waals surface area contributed by atoms with Crippen LogP contribution in [-0.4, -0.2) is 45.3 Å². The van der Waals surface area contributed by atoms with E-state index in [4.69, 9.17) is 10.2 Å². The first-order valence-electron chi connectivity index (χ1n) is 5.29. The zero-order chi connectivity index (χ0) is 12.5. The lowest BCUT2D eigenvalue weighted by atomic mass is 10.2. The number of hydrogen-bond donors (Lipinski definition) is 2. The van der Waals surface area contributed by atoms with Crippen LogP contribution >= 0.6 is 34.9 Å². The average Bonchev–Trinajstić information content (AvgIpc) is 2.86. The van der Waals surface area contributed by atoms with Crippen LogP contribution in [0.25, 0.3) is 0 Å². The minimum atomic E-state index is 0.115. The molecule has 2 N–H and O–H groups in total. The van der Waals surface area contributed by atoms with Crippen molar-refractivity contribution in [1.29, 1.82) is 0 Å². The Morgan fingerprint density at radius 1 is 1.29 bits per heavy atom. The molecule has 0 aliphatic rings. The molecule has 0 unspecified atom stereocenters. The normalized spacial score (nSPS) is 11.0. The lowest BCUT2D eigenvalue weighted by Crippen LogP contribution is -2.09. The van der Waals surface area contributed by atoms with E-state index < -0.39 is 0 Å². The Kier molecular flexibility index (Phi) is 7.96. The molecule has 3 nitrogen and oxygen atoms in total. The molecule has 0 aliphatic heterocycles. The Bertz CT molecular complexity index is 306. The van der Waals surface area contributed by atoms with Crippen LogP contribution in [0.2, 0.25) is 0 Å². The van der Waals surface area contributed by atoms with Gasteiger partial charge in [-0.1, -0.05) is 6.07 Å². The zero-order valence-corrected chi connectivity index (χ0v) is 11.8. The minimum absolute atomic E-state index is 0.115. The van der Waals surface area contributed by atoms with Gasteiger partial charge in [-0.3, -0.25) is 4.79 Å². The van der Waals surface area contributed by atoms with Gasteiger partial charge in [0.05, 0.1) is 22.7 Å². The van der Waals surface area contributed by atoms with E-state index in [1.54, 1.807) is 23.5 Å². The number of thioether (sulfide) groups is 2. The van der Waals surface area contributed by atoms with Gasteiger partial charge in [0, 0.05) is 17.9 Å². The summed E-state index contributed by atoms with van der Waals surface area (Å²) in [6.07, 6.45) is 0.454. The van der Waals surface area contributed by atoms with Crippen molar-refractivity contribution in [3.63, 3.8) is 0 Å². The van der Waals surface area contributed by atoms with Crippen molar-refractivity contribution in [3.05, 3.63) is 22.4 Å². The fourth-order valence-electron chi connectivity index (χ4n) is 1.22. The van der Waals surface area contributed by atoms with E-state index in [0.717, 1.165) is 4.88 Å². The summed E-state index contributed by atoms with van der Waals surface area (Å²) in [6, 6.07) is 3.70. The van der Waals surface area contributed by atoms with Crippen LogP contribution in [0.3, 0.4) is 0 Å². The molecule has 1 rings (SSSR count). The van der Waals surface area contributed by atoms with E-state index in [2.05, 4.69) is 0 Å². The number of carbonyl (C=O) groups is 1. The Morgan fingerprint density at radius 2 is 1.94 bits per heavy atom. The van der Waals surface area contributed by atoms with Gasteiger partial charge >= 0.3 is 0 Å². The SMILES string of the molecule is O=C(CC(SCCO)SCCO)c1cccs1. The summed E-state index contributed by atoms with van der Waals surface area (Å²) in [5.41, 5.74) is 0. The van der Waals surface area contributed by atoms with Gasteiger partial charge in [-0.25, -0.2) is 0 Å². The standard InChI is InChI=1S/C11H16O3S3/c12-3-6-16-11(17-7-4-13)8-9(14)10-2-1-5-15-10/h1-2,5,11-13H,3-4,6-8H2. The van der Waals surface area contributed by atoms with Crippen LogP contribution < -0.4 is 0 Å². The van der Waals surface area contributed by atoms with Crippen LogP contribution in [0.5, 0.6) is 0 Å². The van der Waals surface area contributed by atoms with Crippen molar-refractivity contribution in [2.45, 2.75) is 11.0 Å². The molecule has 0 radical (unpaired) electrons. The van der Waals surface area contributed by atoms with Gasteiger partial charge < -0.3 is 10.2 Å². The van der Waals surface area contributed by atoms with Gasteiger partial charge in [-0.05, 0) is 11.4 Å². The molecule has 17 heavy (non-hydrogen) atoms. The molecule has 1 aromatic rings. The molecule has 0 saturated heterocycles. The number of hydrogen-bond acceptors (Lipinski definition) is 6. The molecule has 0 aliphatic carbocycles. The number of aliphatic hydroxyl groups excluding tert-OH is 2. The molecule has 0 saturated carbocycles. The highest BCUT2D eigenvalue weighted by Crippen LogP contribution is 2.28. The maximum Gasteiger partial charge on any atom is 0.174 e. The van der Waals surface area contributed by atoms with Crippen molar-refractivity contribution in [2.75, 3.05) is 24.7 Å². The molecule has 0 fully saturated rings. The number of aliphatic hydroxyl groups is 2. The van der Waals surface area contributed by atoms with E-state index in [-0.39, 0.29) is 23.6 Å². The van der Waals surface area contributed by atoms with E-state index in [0.29, 0.717) is 17.9 Å². The second kappa shape index (κ2) is 8.99. The molecule has 1 heterocycles. The highest BCUT2D eigenvalue weighted by atomic mass is 32.2. The fourth-order valence-corrected chi connectivity index (χ4v) is 4.14. The highest BCUT2D eigenvalue weighted by Gasteiger charge is 2.16. The first kappa shape index (κ1) is 15.0. The highest BCUT2D eigenvalue weighted by molar-refractivity contribution is 8.17. The first-order valence-corrected chi connectivity index (χ1v) is 8.27. The molecule has 96 valence electrons. The third-order valence-electron chi connectivity index (χ3n) is 1.94. The van der Waals surface area contributed by atoms with Gasteiger partial charge in [-0.15, -0.1) is 34.9 Å². The number of ketones is 1. The van der Waals surface area contributed by atoms with Crippen molar-refractivity contribution >= 4 is 40.6 Å². The number of rotatable bonds is 9. The lowest BCUT2D eigenvalue weighted by molar-refractivity contribution is 0.0991. The van der Waals surface area contributed by atoms with E-state index in [1.807, 2.05) is 17.5 Å². The number of carbonyl (C=O) groups excluding carboxylic acids is 1. The summed E-state index contributed by atoms with van der Waals surface area (Å²) in [5.74, 6) is 1.39. The van der Waals surface area contributed by atoms with Gasteiger partial charge in [0.2, 0.25) is 0 Å². The first-order chi connectivity index (χ1) is 8.27. The summed E-state index contributed by atoms with van der Waals surface area (Å²) in [6.45, 7) is 0.238. The largest absolute Gasteiger partial charge is 0.396 e. The van der Waals surface area contributed by atoms with Gasteiger partial charge in [-0.2, -0.15) is 0 Å². The molecule has 0 aromatic carbocycles. The number of Topliss-reactive ketones (excluding diaryl/α,β-unsaturated/α-hetero) is 1. The zero-order valence-electron chi connectivity index (χ0n) is 9.37. The van der Waals surface area contributed by atoms with Crippen molar-refractivity contribution < 1.29 is 15.0 Å². The second-order valence-electron chi connectivity index (χ2n) is 3.22. The summed E-state index contributed by atoms with van der Waals surface area (Å²) >= 11 is 4.60. The molecule has 6 heteroatoms. The molecular weight excluding hydrogens is 276 g/mol. The Labute approximate surface area is 114 Å². The molecule has 0 amide bonds. The molecule has 0 atom stereocenters. The van der Waals surface area contributed by atoms with E-state index >= 15 is 0 Å². The van der Waals surface area contributed by atoms with Crippen LogP contribution in [0.15, 0.2) is 17.5 Å². The molecule has 0 bridgehead atoms. The van der Waals surface area contributed by atoms with Gasteiger partial charge in [0.15, 0.2) is 5.78 Å². The smallest absolute Gasteiger partial charge is 0.174 e. The minimum Gasteiger partial charge on any atom is -0.396 e. The van der Waals surface area contributed by atoms with E-state index in [9.17, 15) is 4.79 Å². The van der Waals surface area contributed by atoms with Gasteiger partial charge in [0.25, 0.3) is 0 Å². The number of thiophene rings is 1. The maximum absolute atomic E-state index is 11.9. The predicted octanol–water partition coefficient (Wildman–Crippen LogP) is 2.10. The predicted molar refractivity (Wildman–Crippen MR) is 76.1 cm³/mol. The molecule has 0 spiro atoms. The van der Waals surface area contributed by atoms with Crippen LogP contribution in [-0.2, 0) is 0 Å². The second-order valence-corrected chi connectivity index (χ2v) is 7.09. The molecular formula is C11H16O3S3. The van der Waals surface area contributed by atoms with Crippen LogP contribution in [0, 0.1) is 0 Å². The molecule has 1 aromatic heterocycles.